The number of furan rings is 1. The number of ether oxygens (including phenoxy) is 2. The molecule has 1 aromatic rings. The molecule has 3 heterocycles. The number of nitrogens with zero attached hydrogens (tertiary/aromatic N) is 1. The van der Waals surface area contributed by atoms with Crippen LogP contribution in [-0.2, 0) is 15.9 Å². The van der Waals surface area contributed by atoms with E-state index in [1.807, 2.05) is 13.0 Å². The second-order valence-corrected chi connectivity index (χ2v) is 5.06. The number of hydrogen-bond donors (Lipinski definition) is 0. The number of hydrogen-bond acceptors (Lipinski definition) is 4. The maximum Gasteiger partial charge on any atom is 0.289 e. The van der Waals surface area contributed by atoms with Gasteiger partial charge in [-0.3, -0.25) is 4.79 Å². The summed E-state index contributed by atoms with van der Waals surface area (Å²) >= 11 is 0. The van der Waals surface area contributed by atoms with Gasteiger partial charge < -0.3 is 18.8 Å². The van der Waals surface area contributed by atoms with Crippen molar-refractivity contribution in [3.05, 3.63) is 23.7 Å². The van der Waals surface area contributed by atoms with E-state index in [2.05, 4.69) is 0 Å². The fourth-order valence-corrected chi connectivity index (χ4v) is 2.73. The molecule has 0 radical (unpaired) electrons. The van der Waals surface area contributed by atoms with Crippen molar-refractivity contribution in [3.8, 4) is 0 Å². The number of amides is 1. The maximum absolute atomic E-state index is 12.4. The Labute approximate surface area is 112 Å². The van der Waals surface area contributed by atoms with Crippen molar-refractivity contribution in [2.24, 2.45) is 0 Å². The van der Waals surface area contributed by atoms with E-state index < -0.39 is 5.79 Å². The lowest BCUT2D eigenvalue weighted by Crippen LogP contribution is -2.50. The van der Waals surface area contributed by atoms with Gasteiger partial charge >= 0.3 is 0 Å². The lowest BCUT2D eigenvalue weighted by molar-refractivity contribution is -0.183. The third-order valence-corrected chi connectivity index (χ3v) is 3.74. The van der Waals surface area contributed by atoms with Gasteiger partial charge in [0.1, 0.15) is 5.76 Å². The second kappa shape index (κ2) is 4.98. The van der Waals surface area contributed by atoms with E-state index in [-0.39, 0.29) is 5.91 Å². The zero-order valence-electron chi connectivity index (χ0n) is 11.2. The average molecular weight is 265 g/mol. The summed E-state index contributed by atoms with van der Waals surface area (Å²) in [4.78, 5) is 14.2. The molecule has 0 bridgehead atoms. The van der Waals surface area contributed by atoms with Crippen LogP contribution in [-0.4, -0.2) is 42.9 Å². The zero-order chi connectivity index (χ0) is 13.3. The Hall–Kier alpha value is -1.33. The number of carbonyl (C=O) groups is 1. The van der Waals surface area contributed by atoms with Gasteiger partial charge in [0.25, 0.3) is 5.91 Å². The molecule has 2 saturated heterocycles. The van der Waals surface area contributed by atoms with Crippen molar-refractivity contribution in [3.63, 3.8) is 0 Å². The summed E-state index contributed by atoms with van der Waals surface area (Å²) < 4.78 is 16.9. The molecule has 2 fully saturated rings. The Morgan fingerprint density at radius 3 is 2.84 bits per heavy atom. The normalized spacial score (nSPS) is 22.1. The van der Waals surface area contributed by atoms with Gasteiger partial charge in [0.15, 0.2) is 11.5 Å². The molecule has 0 unspecified atom stereocenters. The zero-order valence-corrected chi connectivity index (χ0v) is 11.2. The van der Waals surface area contributed by atoms with Crippen LogP contribution in [0.4, 0.5) is 0 Å². The third kappa shape index (κ3) is 2.40. The van der Waals surface area contributed by atoms with Crippen molar-refractivity contribution < 1.29 is 18.7 Å². The molecular weight excluding hydrogens is 246 g/mol. The van der Waals surface area contributed by atoms with Crippen LogP contribution in [0.15, 0.2) is 16.5 Å². The van der Waals surface area contributed by atoms with E-state index in [1.165, 1.54) is 0 Å². The molecule has 0 aliphatic carbocycles. The van der Waals surface area contributed by atoms with Crippen LogP contribution in [0.5, 0.6) is 0 Å². The first-order chi connectivity index (χ1) is 9.22. The van der Waals surface area contributed by atoms with Crippen molar-refractivity contribution in [1.29, 1.82) is 0 Å². The monoisotopic (exact) mass is 265 g/mol. The van der Waals surface area contributed by atoms with E-state index in [9.17, 15) is 4.79 Å². The Bertz CT molecular complexity index is 462. The molecule has 0 aromatic carbocycles. The molecule has 3 rings (SSSR count). The van der Waals surface area contributed by atoms with Crippen molar-refractivity contribution in [2.45, 2.75) is 32.0 Å². The minimum absolute atomic E-state index is 0.0714. The first-order valence-corrected chi connectivity index (χ1v) is 6.88. The molecule has 5 heteroatoms. The van der Waals surface area contributed by atoms with Crippen LogP contribution in [0.2, 0.25) is 0 Å². The fraction of sp³-hybridized carbons (Fsp3) is 0.643. The van der Waals surface area contributed by atoms with Crippen molar-refractivity contribution in [2.75, 3.05) is 26.3 Å². The van der Waals surface area contributed by atoms with Crippen LogP contribution < -0.4 is 0 Å². The van der Waals surface area contributed by atoms with Crippen LogP contribution >= 0.6 is 0 Å². The molecule has 5 nitrogen and oxygen atoms in total. The van der Waals surface area contributed by atoms with Gasteiger partial charge in [-0.05, 0) is 18.6 Å². The van der Waals surface area contributed by atoms with Gasteiger partial charge in [0.2, 0.25) is 0 Å². The van der Waals surface area contributed by atoms with E-state index in [1.54, 1.807) is 11.0 Å². The molecule has 2 aliphatic heterocycles. The summed E-state index contributed by atoms with van der Waals surface area (Å²) in [6.45, 7) is 4.46. The minimum Gasteiger partial charge on any atom is -0.456 e. The fourth-order valence-electron chi connectivity index (χ4n) is 2.73. The largest absolute Gasteiger partial charge is 0.456 e. The molecule has 0 N–H and O–H groups in total. The third-order valence-electron chi connectivity index (χ3n) is 3.74. The summed E-state index contributed by atoms with van der Waals surface area (Å²) in [6, 6.07) is 3.61. The molecule has 1 spiro atoms. The summed E-state index contributed by atoms with van der Waals surface area (Å²) in [5.74, 6) is 0.599. The molecule has 1 amide bonds. The van der Waals surface area contributed by atoms with E-state index in [0.29, 0.717) is 25.5 Å². The predicted octanol–water partition coefficient (Wildman–Crippen LogP) is 1.82. The van der Waals surface area contributed by atoms with E-state index in [4.69, 9.17) is 13.9 Å². The Kier molecular flexibility index (Phi) is 3.33. The van der Waals surface area contributed by atoms with Crippen molar-refractivity contribution in [1.82, 2.24) is 4.90 Å². The average Bonchev–Trinajstić information content (AvgIpc) is 3.07. The van der Waals surface area contributed by atoms with Crippen LogP contribution in [0, 0.1) is 0 Å². The second-order valence-electron chi connectivity index (χ2n) is 5.06. The summed E-state index contributed by atoms with van der Waals surface area (Å²) in [7, 11) is 0. The van der Waals surface area contributed by atoms with Gasteiger partial charge in [-0.15, -0.1) is 0 Å². The number of piperidine rings is 1. The van der Waals surface area contributed by atoms with Crippen LogP contribution in [0.25, 0.3) is 0 Å². The van der Waals surface area contributed by atoms with Crippen LogP contribution in [0.1, 0.15) is 36.1 Å². The van der Waals surface area contributed by atoms with Gasteiger partial charge in [-0.25, -0.2) is 0 Å². The minimum atomic E-state index is -0.575. The maximum atomic E-state index is 12.4. The van der Waals surface area contributed by atoms with Crippen LogP contribution in [0.3, 0.4) is 0 Å². The number of aryl methyl sites for hydroxylation is 1. The number of rotatable bonds is 2. The molecule has 19 heavy (non-hydrogen) atoms. The smallest absolute Gasteiger partial charge is 0.289 e. The standard InChI is InChI=1S/C14H19NO4/c1-2-11-4-5-12(19-11)13(16)15-7-3-6-14(10-15)17-8-9-18-14/h4-5H,2-3,6-10H2,1H3. The number of likely N-dealkylation sites (tertiary alicyclic amines) is 1. The lowest BCUT2D eigenvalue weighted by atomic mass is 10.0. The van der Waals surface area contributed by atoms with Gasteiger partial charge in [-0.2, -0.15) is 0 Å². The summed E-state index contributed by atoms with van der Waals surface area (Å²) in [5, 5.41) is 0. The molecule has 0 saturated carbocycles. The van der Waals surface area contributed by atoms with Gasteiger partial charge in [0, 0.05) is 19.4 Å². The Morgan fingerprint density at radius 2 is 2.16 bits per heavy atom. The van der Waals surface area contributed by atoms with Gasteiger partial charge in [-0.1, -0.05) is 6.92 Å². The topological polar surface area (TPSA) is 51.9 Å². The lowest BCUT2D eigenvalue weighted by Gasteiger charge is -2.38. The number of carbonyl (C=O) groups excluding carboxylic acids is 1. The molecular formula is C14H19NO4. The highest BCUT2D eigenvalue weighted by Crippen LogP contribution is 2.30. The van der Waals surface area contributed by atoms with Crippen molar-refractivity contribution >= 4 is 5.91 Å². The predicted molar refractivity (Wildman–Crippen MR) is 67.9 cm³/mol. The summed E-state index contributed by atoms with van der Waals surface area (Å²) in [5.41, 5.74) is 0. The van der Waals surface area contributed by atoms with E-state index in [0.717, 1.165) is 31.6 Å². The Balaban J connectivity index is 1.72. The Morgan fingerprint density at radius 1 is 1.37 bits per heavy atom. The molecule has 2 aliphatic rings. The van der Waals surface area contributed by atoms with E-state index >= 15 is 0 Å². The SMILES string of the molecule is CCc1ccc(C(=O)N2CCCC3(C2)OCCO3)o1. The first-order valence-electron chi connectivity index (χ1n) is 6.88. The quantitative estimate of drug-likeness (QED) is 0.818. The van der Waals surface area contributed by atoms with Gasteiger partial charge in [0.05, 0.1) is 19.8 Å². The highest BCUT2D eigenvalue weighted by Gasteiger charge is 2.42. The molecule has 1 aromatic heterocycles. The summed E-state index contributed by atoms with van der Waals surface area (Å²) in [6.07, 6.45) is 2.55. The highest BCUT2D eigenvalue weighted by atomic mass is 16.7. The molecule has 0 atom stereocenters. The molecule has 104 valence electrons. The first kappa shape index (κ1) is 12.7. The highest BCUT2D eigenvalue weighted by molar-refractivity contribution is 5.91.